The summed E-state index contributed by atoms with van der Waals surface area (Å²) in [5.74, 6) is -0.828. The molecule has 8 heteroatoms. The zero-order valence-corrected chi connectivity index (χ0v) is 15.5. The van der Waals surface area contributed by atoms with Crippen LogP contribution in [0.25, 0.3) is 0 Å². The molecular weight excluding hydrogens is 356 g/mol. The summed E-state index contributed by atoms with van der Waals surface area (Å²) in [5.41, 5.74) is 2.24. The molecule has 0 fully saturated rings. The fourth-order valence-corrected chi connectivity index (χ4v) is 2.80. The van der Waals surface area contributed by atoms with Gasteiger partial charge in [-0.2, -0.15) is 0 Å². The minimum atomic E-state index is -3.44. The number of hydrogen-bond donors (Lipinski definition) is 2. The van der Waals surface area contributed by atoms with Gasteiger partial charge in [0.2, 0.25) is 10.0 Å². The number of aryl methyl sites for hydroxylation is 1. The highest BCUT2D eigenvalue weighted by atomic mass is 32.2. The zero-order chi connectivity index (χ0) is 19.3. The van der Waals surface area contributed by atoms with Crippen molar-refractivity contribution in [3.8, 4) is 0 Å². The molecule has 0 aromatic heterocycles. The first kappa shape index (κ1) is 19.5. The normalized spacial score (nSPS) is 10.9. The molecule has 26 heavy (non-hydrogen) atoms. The molecule has 1 amide bonds. The number of rotatable bonds is 6. The molecule has 2 aromatic carbocycles. The van der Waals surface area contributed by atoms with Gasteiger partial charge in [-0.05, 0) is 55.8 Å². The third-order valence-electron chi connectivity index (χ3n) is 3.45. The molecule has 0 radical (unpaired) electrons. The summed E-state index contributed by atoms with van der Waals surface area (Å²) in [4.78, 5) is 24.0. The summed E-state index contributed by atoms with van der Waals surface area (Å²) in [6.07, 6.45) is 1.05. The van der Waals surface area contributed by atoms with E-state index in [-0.39, 0.29) is 6.61 Å². The largest absolute Gasteiger partial charge is 0.462 e. The number of ether oxygens (including phenoxy) is 1. The van der Waals surface area contributed by atoms with Gasteiger partial charge in [0.1, 0.15) is 0 Å². The summed E-state index contributed by atoms with van der Waals surface area (Å²) in [6.45, 7) is 3.75. The molecule has 0 aliphatic heterocycles. The molecule has 2 aromatic rings. The summed E-state index contributed by atoms with van der Waals surface area (Å²) in [5, 5.41) is 2.70. The molecule has 0 aliphatic carbocycles. The second-order valence-electron chi connectivity index (χ2n) is 5.66. The van der Waals surface area contributed by atoms with E-state index in [0.717, 1.165) is 6.26 Å². The van der Waals surface area contributed by atoms with E-state index in [0.29, 0.717) is 28.1 Å². The van der Waals surface area contributed by atoms with Gasteiger partial charge in [0.15, 0.2) is 0 Å². The van der Waals surface area contributed by atoms with E-state index in [1.54, 1.807) is 50.2 Å². The number of carbonyl (C=O) groups is 2. The van der Waals surface area contributed by atoms with Crippen molar-refractivity contribution >= 4 is 33.3 Å². The Morgan fingerprint density at radius 3 is 2.23 bits per heavy atom. The second-order valence-corrected chi connectivity index (χ2v) is 7.40. The lowest BCUT2D eigenvalue weighted by Gasteiger charge is -2.11. The Hall–Kier alpha value is -2.87. The standard InChI is InChI=1S/C18H20N2O5S/c1-4-25-18(22)13-7-9-15(10-8-13)19-17(21)14-6-5-12(2)16(11-14)20-26(3,23)24/h5-11,20H,4H2,1-3H3,(H,19,21). The Balaban J connectivity index is 2.15. The number of carbonyl (C=O) groups excluding carboxylic acids is 2. The maximum atomic E-state index is 12.4. The first-order valence-corrected chi connectivity index (χ1v) is 9.75. The number of hydrogen-bond acceptors (Lipinski definition) is 5. The Morgan fingerprint density at radius 2 is 1.65 bits per heavy atom. The molecule has 138 valence electrons. The maximum Gasteiger partial charge on any atom is 0.338 e. The van der Waals surface area contributed by atoms with Gasteiger partial charge in [-0.15, -0.1) is 0 Å². The minimum absolute atomic E-state index is 0.286. The maximum absolute atomic E-state index is 12.4. The molecule has 0 unspecified atom stereocenters. The second kappa shape index (κ2) is 8.01. The average molecular weight is 376 g/mol. The lowest BCUT2D eigenvalue weighted by molar-refractivity contribution is 0.0526. The van der Waals surface area contributed by atoms with E-state index in [2.05, 4.69) is 10.0 Å². The molecule has 0 saturated heterocycles. The van der Waals surface area contributed by atoms with Crippen LogP contribution < -0.4 is 10.0 Å². The highest BCUT2D eigenvalue weighted by Crippen LogP contribution is 2.19. The van der Waals surface area contributed by atoms with Crippen LogP contribution in [-0.2, 0) is 14.8 Å². The number of benzene rings is 2. The van der Waals surface area contributed by atoms with Crippen molar-refractivity contribution in [1.29, 1.82) is 0 Å². The van der Waals surface area contributed by atoms with Crippen LogP contribution in [0.1, 0.15) is 33.2 Å². The lowest BCUT2D eigenvalue weighted by atomic mass is 10.1. The highest BCUT2D eigenvalue weighted by Gasteiger charge is 2.12. The quantitative estimate of drug-likeness (QED) is 0.755. The van der Waals surface area contributed by atoms with E-state index in [4.69, 9.17) is 4.74 Å². The number of nitrogens with one attached hydrogen (secondary N) is 2. The van der Waals surface area contributed by atoms with Crippen LogP contribution in [0.5, 0.6) is 0 Å². The molecule has 2 rings (SSSR count). The SMILES string of the molecule is CCOC(=O)c1ccc(NC(=O)c2ccc(C)c(NS(C)(=O)=O)c2)cc1. The molecule has 2 N–H and O–H groups in total. The van der Waals surface area contributed by atoms with E-state index < -0.39 is 21.9 Å². The first-order chi connectivity index (χ1) is 12.2. The predicted octanol–water partition coefficient (Wildman–Crippen LogP) is 2.80. The number of sulfonamides is 1. The Bertz CT molecular complexity index is 921. The van der Waals surface area contributed by atoms with Crippen LogP contribution in [0.2, 0.25) is 0 Å². The van der Waals surface area contributed by atoms with Crippen LogP contribution in [0.3, 0.4) is 0 Å². The van der Waals surface area contributed by atoms with Crippen molar-refractivity contribution in [3.05, 3.63) is 59.2 Å². The molecule has 0 atom stereocenters. The predicted molar refractivity (Wildman–Crippen MR) is 100.0 cm³/mol. The van der Waals surface area contributed by atoms with Gasteiger partial charge in [-0.1, -0.05) is 6.07 Å². The molecule has 0 bridgehead atoms. The van der Waals surface area contributed by atoms with Gasteiger partial charge in [0.25, 0.3) is 5.91 Å². The van der Waals surface area contributed by atoms with Crippen LogP contribution in [-0.4, -0.2) is 33.2 Å². The van der Waals surface area contributed by atoms with Crippen LogP contribution in [0.4, 0.5) is 11.4 Å². The Morgan fingerprint density at radius 1 is 1.04 bits per heavy atom. The van der Waals surface area contributed by atoms with E-state index in [1.165, 1.54) is 6.07 Å². The third kappa shape index (κ3) is 5.32. The molecule has 0 aliphatic rings. The van der Waals surface area contributed by atoms with Gasteiger partial charge in [0, 0.05) is 11.3 Å². The summed E-state index contributed by atoms with van der Waals surface area (Å²) in [7, 11) is -3.44. The third-order valence-corrected chi connectivity index (χ3v) is 4.04. The van der Waals surface area contributed by atoms with Crippen molar-refractivity contribution in [1.82, 2.24) is 0 Å². The highest BCUT2D eigenvalue weighted by molar-refractivity contribution is 7.92. The van der Waals surface area contributed by atoms with Crippen molar-refractivity contribution in [2.45, 2.75) is 13.8 Å². The summed E-state index contributed by atoms with van der Waals surface area (Å²) >= 11 is 0. The smallest absolute Gasteiger partial charge is 0.338 e. The molecule has 7 nitrogen and oxygen atoms in total. The van der Waals surface area contributed by atoms with Gasteiger partial charge < -0.3 is 10.1 Å². The summed E-state index contributed by atoms with van der Waals surface area (Å²) < 4.78 is 30.1. The van der Waals surface area contributed by atoms with Crippen LogP contribution in [0.15, 0.2) is 42.5 Å². The van der Waals surface area contributed by atoms with Gasteiger partial charge in [-0.25, -0.2) is 13.2 Å². The van der Waals surface area contributed by atoms with Gasteiger partial charge in [-0.3, -0.25) is 9.52 Å². The molecular formula is C18H20N2O5S. The van der Waals surface area contributed by atoms with Crippen molar-refractivity contribution in [3.63, 3.8) is 0 Å². The zero-order valence-electron chi connectivity index (χ0n) is 14.7. The van der Waals surface area contributed by atoms with Gasteiger partial charge in [0.05, 0.1) is 24.1 Å². The molecule has 0 spiro atoms. The van der Waals surface area contributed by atoms with Crippen LogP contribution >= 0.6 is 0 Å². The van der Waals surface area contributed by atoms with Crippen LogP contribution in [0, 0.1) is 6.92 Å². The Labute approximate surface area is 152 Å². The van der Waals surface area contributed by atoms with E-state index in [9.17, 15) is 18.0 Å². The number of esters is 1. The van der Waals surface area contributed by atoms with E-state index in [1.807, 2.05) is 0 Å². The monoisotopic (exact) mass is 376 g/mol. The number of anilines is 2. The fourth-order valence-electron chi connectivity index (χ4n) is 2.18. The first-order valence-electron chi connectivity index (χ1n) is 7.86. The van der Waals surface area contributed by atoms with E-state index >= 15 is 0 Å². The molecule has 0 saturated carbocycles. The fraction of sp³-hybridized carbons (Fsp3) is 0.222. The lowest BCUT2D eigenvalue weighted by Crippen LogP contribution is -2.15. The van der Waals surface area contributed by atoms with Crippen molar-refractivity contribution in [2.75, 3.05) is 22.9 Å². The molecule has 0 heterocycles. The topological polar surface area (TPSA) is 102 Å². The number of amides is 1. The summed E-state index contributed by atoms with van der Waals surface area (Å²) in [6, 6.07) is 11.0. The van der Waals surface area contributed by atoms with Gasteiger partial charge >= 0.3 is 5.97 Å². The van der Waals surface area contributed by atoms with Crippen molar-refractivity contribution < 1.29 is 22.7 Å². The Kier molecular flexibility index (Phi) is 5.99. The van der Waals surface area contributed by atoms with Crippen molar-refractivity contribution in [2.24, 2.45) is 0 Å². The average Bonchev–Trinajstić information content (AvgIpc) is 2.56. The minimum Gasteiger partial charge on any atom is -0.462 e.